The van der Waals surface area contributed by atoms with Gasteiger partial charge in [0.1, 0.15) is 5.75 Å². The highest BCUT2D eigenvalue weighted by molar-refractivity contribution is 7.99. The molecular weight excluding hydrogens is 288 g/mol. The van der Waals surface area contributed by atoms with E-state index in [0.717, 1.165) is 24.2 Å². The Morgan fingerprint density at radius 3 is 3.00 bits per heavy atom. The Labute approximate surface area is 126 Å². The maximum atomic E-state index is 11.4. The lowest BCUT2D eigenvalue weighted by molar-refractivity contribution is 0.413. The van der Waals surface area contributed by atoms with Crippen LogP contribution in [0.4, 0.5) is 0 Å². The molecule has 0 fully saturated rings. The molecule has 0 bridgehead atoms. The molecule has 7 heteroatoms. The second-order valence-corrected chi connectivity index (χ2v) is 6.36. The number of nitrogens with one attached hydrogen (secondary N) is 1. The molecule has 1 aromatic heterocycles. The first kappa shape index (κ1) is 14.2. The van der Waals surface area contributed by atoms with Gasteiger partial charge in [0.15, 0.2) is 5.16 Å². The molecule has 6 nitrogen and oxygen atoms in total. The number of rotatable bonds is 3. The number of hydrogen-bond donors (Lipinski definition) is 2. The Kier molecular flexibility index (Phi) is 3.77. The standard InChI is InChI=1S/C14H18N4O2S/c1-18-13(19)16-17-14(18)21-11-6-3-8-7-9(20-2)4-5-10(8)12(11)15/h4-5,7,11-12H,3,6,15H2,1-2H3,(H,16,19). The molecular formula is C14H18N4O2S. The van der Waals surface area contributed by atoms with E-state index in [1.165, 1.54) is 10.1 Å². The molecule has 2 aromatic rings. The Morgan fingerprint density at radius 1 is 1.52 bits per heavy atom. The SMILES string of the molecule is COc1ccc2c(c1)CCC(Sc1n[nH]c(=O)n1C)C2N. The third-order valence-corrected chi connectivity index (χ3v) is 5.31. The maximum absolute atomic E-state index is 11.4. The summed E-state index contributed by atoms with van der Waals surface area (Å²) in [5.41, 5.74) is 8.60. The van der Waals surface area contributed by atoms with Gasteiger partial charge in [0, 0.05) is 18.3 Å². The number of ether oxygens (including phenoxy) is 1. The van der Waals surface area contributed by atoms with E-state index < -0.39 is 0 Å². The minimum Gasteiger partial charge on any atom is -0.497 e. The second-order valence-electron chi connectivity index (χ2n) is 5.16. The molecule has 0 saturated heterocycles. The lowest BCUT2D eigenvalue weighted by Crippen LogP contribution is -2.29. The number of hydrogen-bond acceptors (Lipinski definition) is 5. The molecule has 0 aliphatic heterocycles. The van der Waals surface area contributed by atoms with E-state index in [1.807, 2.05) is 12.1 Å². The van der Waals surface area contributed by atoms with Crippen molar-refractivity contribution in [1.82, 2.24) is 14.8 Å². The van der Waals surface area contributed by atoms with Crippen LogP contribution in [0.15, 0.2) is 28.2 Å². The lowest BCUT2D eigenvalue weighted by atomic mass is 9.87. The summed E-state index contributed by atoms with van der Waals surface area (Å²) in [5, 5.41) is 7.38. The highest BCUT2D eigenvalue weighted by Gasteiger charge is 2.29. The van der Waals surface area contributed by atoms with Crippen LogP contribution in [0.2, 0.25) is 0 Å². The summed E-state index contributed by atoms with van der Waals surface area (Å²) in [6.07, 6.45) is 1.91. The zero-order valence-electron chi connectivity index (χ0n) is 12.0. The van der Waals surface area contributed by atoms with Crippen LogP contribution < -0.4 is 16.2 Å². The number of aromatic nitrogens is 3. The first-order valence-electron chi connectivity index (χ1n) is 6.80. The van der Waals surface area contributed by atoms with E-state index in [2.05, 4.69) is 16.3 Å². The van der Waals surface area contributed by atoms with E-state index in [9.17, 15) is 4.79 Å². The van der Waals surface area contributed by atoms with Gasteiger partial charge in [-0.2, -0.15) is 0 Å². The number of aromatic amines is 1. The average molecular weight is 306 g/mol. The topological polar surface area (TPSA) is 85.9 Å². The van der Waals surface area contributed by atoms with E-state index in [4.69, 9.17) is 10.5 Å². The predicted octanol–water partition coefficient (Wildman–Crippen LogP) is 1.22. The number of methoxy groups -OCH3 is 1. The van der Waals surface area contributed by atoms with Crippen LogP contribution in [-0.4, -0.2) is 27.1 Å². The van der Waals surface area contributed by atoms with Crippen molar-refractivity contribution in [2.75, 3.05) is 7.11 Å². The third kappa shape index (κ3) is 2.58. The quantitative estimate of drug-likeness (QED) is 0.890. The van der Waals surface area contributed by atoms with Crippen LogP contribution in [0.5, 0.6) is 5.75 Å². The van der Waals surface area contributed by atoms with Gasteiger partial charge >= 0.3 is 5.69 Å². The Morgan fingerprint density at radius 2 is 2.33 bits per heavy atom. The normalized spacial score (nSPS) is 21.1. The second kappa shape index (κ2) is 5.57. The highest BCUT2D eigenvalue weighted by Crippen LogP contribution is 2.38. The van der Waals surface area contributed by atoms with Crippen LogP contribution in [-0.2, 0) is 13.5 Å². The molecule has 112 valence electrons. The van der Waals surface area contributed by atoms with Crippen LogP contribution in [0.1, 0.15) is 23.6 Å². The fourth-order valence-electron chi connectivity index (χ4n) is 2.63. The van der Waals surface area contributed by atoms with Gasteiger partial charge in [-0.25, -0.2) is 9.89 Å². The number of thioether (sulfide) groups is 1. The maximum Gasteiger partial charge on any atom is 0.343 e. The van der Waals surface area contributed by atoms with Crippen molar-refractivity contribution in [1.29, 1.82) is 0 Å². The fraction of sp³-hybridized carbons (Fsp3) is 0.429. The van der Waals surface area contributed by atoms with Gasteiger partial charge in [0.05, 0.1) is 7.11 Å². The van der Waals surface area contributed by atoms with E-state index in [-0.39, 0.29) is 17.0 Å². The molecule has 1 heterocycles. The van der Waals surface area contributed by atoms with E-state index >= 15 is 0 Å². The zero-order chi connectivity index (χ0) is 15.0. The molecule has 0 amide bonds. The minimum atomic E-state index is -0.202. The van der Waals surface area contributed by atoms with Gasteiger partial charge < -0.3 is 10.5 Å². The average Bonchev–Trinajstić information content (AvgIpc) is 2.81. The lowest BCUT2D eigenvalue weighted by Gasteiger charge is -2.30. The number of nitrogens with zero attached hydrogens (tertiary/aromatic N) is 2. The molecule has 21 heavy (non-hydrogen) atoms. The van der Waals surface area contributed by atoms with Gasteiger partial charge in [0.2, 0.25) is 0 Å². The number of H-pyrrole nitrogens is 1. The van der Waals surface area contributed by atoms with Gasteiger partial charge in [0.25, 0.3) is 0 Å². The minimum absolute atomic E-state index is 0.0727. The van der Waals surface area contributed by atoms with Gasteiger partial charge in [-0.3, -0.25) is 4.57 Å². The number of benzene rings is 1. The van der Waals surface area contributed by atoms with Crippen molar-refractivity contribution in [2.45, 2.75) is 29.3 Å². The highest BCUT2D eigenvalue weighted by atomic mass is 32.2. The number of aryl methyl sites for hydroxylation is 1. The van der Waals surface area contributed by atoms with E-state index in [1.54, 1.807) is 25.9 Å². The molecule has 0 radical (unpaired) electrons. The zero-order valence-corrected chi connectivity index (χ0v) is 12.8. The van der Waals surface area contributed by atoms with Crippen molar-refractivity contribution in [3.63, 3.8) is 0 Å². The van der Waals surface area contributed by atoms with Gasteiger partial charge in [-0.1, -0.05) is 17.8 Å². The van der Waals surface area contributed by atoms with Crippen LogP contribution in [0, 0.1) is 0 Å². The Balaban J connectivity index is 1.83. The molecule has 3 rings (SSSR count). The van der Waals surface area contributed by atoms with Crippen molar-refractivity contribution >= 4 is 11.8 Å². The number of fused-ring (bicyclic) bond motifs is 1. The predicted molar refractivity (Wildman–Crippen MR) is 81.7 cm³/mol. The summed E-state index contributed by atoms with van der Waals surface area (Å²) in [4.78, 5) is 11.4. The molecule has 2 atom stereocenters. The summed E-state index contributed by atoms with van der Waals surface area (Å²) < 4.78 is 6.77. The van der Waals surface area contributed by atoms with Crippen LogP contribution in [0.25, 0.3) is 0 Å². The molecule has 2 unspecified atom stereocenters. The molecule has 1 aliphatic carbocycles. The Bertz CT molecular complexity index is 709. The first-order valence-corrected chi connectivity index (χ1v) is 7.68. The smallest absolute Gasteiger partial charge is 0.343 e. The van der Waals surface area contributed by atoms with Crippen molar-refractivity contribution < 1.29 is 4.74 Å². The molecule has 0 saturated carbocycles. The summed E-state index contributed by atoms with van der Waals surface area (Å²) in [6.45, 7) is 0. The number of nitrogens with two attached hydrogens (primary N) is 1. The van der Waals surface area contributed by atoms with Gasteiger partial charge in [-0.15, -0.1) is 5.10 Å². The first-order chi connectivity index (χ1) is 10.1. The summed E-state index contributed by atoms with van der Waals surface area (Å²) in [7, 11) is 3.38. The third-order valence-electron chi connectivity index (χ3n) is 3.90. The summed E-state index contributed by atoms with van der Waals surface area (Å²) >= 11 is 1.56. The fourth-order valence-corrected chi connectivity index (χ4v) is 3.77. The van der Waals surface area contributed by atoms with Crippen molar-refractivity contribution in [3.8, 4) is 5.75 Å². The molecule has 1 aliphatic rings. The van der Waals surface area contributed by atoms with E-state index in [0.29, 0.717) is 5.16 Å². The monoisotopic (exact) mass is 306 g/mol. The molecule has 0 spiro atoms. The van der Waals surface area contributed by atoms with Crippen LogP contribution in [0.3, 0.4) is 0 Å². The summed E-state index contributed by atoms with van der Waals surface area (Å²) in [5.74, 6) is 0.863. The van der Waals surface area contributed by atoms with Gasteiger partial charge in [-0.05, 0) is 36.1 Å². The summed E-state index contributed by atoms with van der Waals surface area (Å²) in [6, 6.07) is 5.96. The van der Waals surface area contributed by atoms with Crippen LogP contribution >= 0.6 is 11.8 Å². The molecule has 3 N–H and O–H groups in total. The van der Waals surface area contributed by atoms with Crippen molar-refractivity contribution in [2.24, 2.45) is 12.8 Å². The van der Waals surface area contributed by atoms with Crippen molar-refractivity contribution in [3.05, 3.63) is 39.8 Å². The molecule has 1 aromatic carbocycles. The Hall–Kier alpha value is -1.73. The largest absolute Gasteiger partial charge is 0.497 e.